The third kappa shape index (κ3) is 3.67. The van der Waals surface area contributed by atoms with Crippen molar-refractivity contribution >= 4 is 10.0 Å². The highest BCUT2D eigenvalue weighted by atomic mass is 32.2. The zero-order chi connectivity index (χ0) is 14.8. The zero-order valence-corrected chi connectivity index (χ0v) is 10.7. The molecule has 5 nitrogen and oxygen atoms in total. The van der Waals surface area contributed by atoms with E-state index in [2.05, 4.69) is 0 Å². The van der Waals surface area contributed by atoms with E-state index in [9.17, 15) is 26.0 Å². The van der Waals surface area contributed by atoms with Crippen molar-refractivity contribution in [3.05, 3.63) is 18.0 Å². The van der Waals surface area contributed by atoms with Gasteiger partial charge in [-0.25, -0.2) is 21.9 Å². The number of hydrogen-bond donors (Lipinski definition) is 2. The Bertz CT molecular complexity index is 542. The monoisotopic (exact) mass is 303 g/mol. The number of alkyl halides is 4. The van der Waals surface area contributed by atoms with Gasteiger partial charge in [0.1, 0.15) is 0 Å². The molecule has 0 aliphatic rings. The molecule has 1 rings (SSSR count). The largest absolute Gasteiger partial charge is 0.352 e. The minimum Gasteiger partial charge on any atom is -0.352 e. The van der Waals surface area contributed by atoms with E-state index >= 15 is 0 Å². The van der Waals surface area contributed by atoms with Crippen LogP contribution in [0.1, 0.15) is 5.69 Å². The molecule has 0 spiro atoms. The number of halogens is 4. The number of aromatic nitrogens is 1. The first-order chi connectivity index (χ1) is 8.60. The number of nitrogens with zero attached hydrogens (tertiary/aromatic N) is 1. The molecule has 1 aromatic heterocycles. The Hall–Kier alpha value is -1.13. The molecule has 0 bridgehead atoms. The van der Waals surface area contributed by atoms with Gasteiger partial charge in [-0.1, -0.05) is 0 Å². The Morgan fingerprint density at radius 1 is 1.47 bits per heavy atom. The molecule has 0 saturated carbocycles. The van der Waals surface area contributed by atoms with Gasteiger partial charge in [-0.3, -0.25) is 0 Å². The summed E-state index contributed by atoms with van der Waals surface area (Å²) < 4.78 is 75.2. The van der Waals surface area contributed by atoms with Crippen molar-refractivity contribution in [3.63, 3.8) is 0 Å². The number of hydrogen-bond acceptors (Lipinski definition) is 3. The molecule has 0 aliphatic heterocycles. The number of rotatable bonds is 6. The van der Waals surface area contributed by atoms with Crippen LogP contribution in [-0.4, -0.2) is 31.9 Å². The summed E-state index contributed by atoms with van der Waals surface area (Å²) in [5.74, 6) is -4.42. The van der Waals surface area contributed by atoms with Gasteiger partial charge in [-0.15, -0.1) is 0 Å². The van der Waals surface area contributed by atoms with Crippen LogP contribution in [0.3, 0.4) is 0 Å². The highest BCUT2D eigenvalue weighted by Crippen LogP contribution is 2.22. The van der Waals surface area contributed by atoms with E-state index in [1.54, 1.807) is 0 Å². The van der Waals surface area contributed by atoms with Crippen molar-refractivity contribution in [2.45, 2.75) is 23.8 Å². The van der Waals surface area contributed by atoms with Gasteiger partial charge in [0.2, 0.25) is 10.0 Å². The summed E-state index contributed by atoms with van der Waals surface area (Å²) in [4.78, 5) is -0.305. The van der Waals surface area contributed by atoms with E-state index in [4.69, 9.17) is 5.73 Å². The molecule has 0 atom stereocenters. The molecule has 1 heterocycles. The lowest BCUT2D eigenvalue weighted by atomic mass is 10.4. The van der Waals surface area contributed by atoms with Gasteiger partial charge in [-0.05, 0) is 6.07 Å². The van der Waals surface area contributed by atoms with Crippen molar-refractivity contribution < 1.29 is 26.0 Å². The van der Waals surface area contributed by atoms with Gasteiger partial charge >= 0.3 is 12.3 Å². The van der Waals surface area contributed by atoms with Crippen molar-refractivity contribution in [1.82, 2.24) is 9.29 Å². The fourth-order valence-corrected chi connectivity index (χ4v) is 2.42. The number of nitrogens with one attached hydrogen (secondary N) is 1. The average Bonchev–Trinajstić information content (AvgIpc) is 2.69. The molecule has 0 unspecified atom stereocenters. The van der Waals surface area contributed by atoms with E-state index in [1.807, 2.05) is 0 Å². The second kappa shape index (κ2) is 5.47. The van der Waals surface area contributed by atoms with Crippen LogP contribution in [0.2, 0.25) is 0 Å². The quantitative estimate of drug-likeness (QED) is 0.758. The second-order valence-corrected chi connectivity index (χ2v) is 5.64. The summed E-state index contributed by atoms with van der Waals surface area (Å²) in [7, 11) is -2.76. The van der Waals surface area contributed by atoms with Crippen LogP contribution >= 0.6 is 0 Å². The van der Waals surface area contributed by atoms with Gasteiger partial charge in [0, 0.05) is 25.5 Å². The Labute approximate surface area is 107 Å². The summed E-state index contributed by atoms with van der Waals surface area (Å²) in [5, 5.41) is 0. The van der Waals surface area contributed by atoms with E-state index < -0.39 is 28.9 Å². The van der Waals surface area contributed by atoms with Gasteiger partial charge in [0.15, 0.2) is 0 Å². The van der Waals surface area contributed by atoms with E-state index in [0.717, 1.165) is 6.20 Å². The number of sulfonamides is 1. The van der Waals surface area contributed by atoms with Crippen molar-refractivity contribution in [2.24, 2.45) is 12.8 Å². The van der Waals surface area contributed by atoms with Crippen LogP contribution in [0.4, 0.5) is 17.6 Å². The molecule has 0 aliphatic carbocycles. The van der Waals surface area contributed by atoms with Gasteiger partial charge < -0.3 is 10.3 Å². The van der Waals surface area contributed by atoms with Crippen LogP contribution in [0.25, 0.3) is 0 Å². The molecule has 10 heteroatoms. The molecule has 0 amide bonds. The fraction of sp³-hybridized carbons (Fsp3) is 0.556. The molecule has 19 heavy (non-hydrogen) atoms. The first-order valence-corrected chi connectivity index (χ1v) is 6.59. The van der Waals surface area contributed by atoms with E-state index in [-0.39, 0.29) is 11.4 Å². The highest BCUT2D eigenvalue weighted by molar-refractivity contribution is 7.89. The third-order valence-electron chi connectivity index (χ3n) is 2.42. The van der Waals surface area contributed by atoms with Crippen molar-refractivity contribution in [3.8, 4) is 0 Å². The van der Waals surface area contributed by atoms with Crippen molar-refractivity contribution in [1.29, 1.82) is 0 Å². The van der Waals surface area contributed by atoms with Crippen LogP contribution in [0.15, 0.2) is 17.2 Å². The molecule has 110 valence electrons. The van der Waals surface area contributed by atoms with Gasteiger partial charge in [0.25, 0.3) is 0 Å². The van der Waals surface area contributed by atoms with Gasteiger partial charge in [0.05, 0.1) is 11.4 Å². The maximum Gasteiger partial charge on any atom is 0.320 e. The maximum absolute atomic E-state index is 12.6. The second-order valence-electron chi connectivity index (χ2n) is 3.87. The van der Waals surface area contributed by atoms with Crippen molar-refractivity contribution in [2.75, 3.05) is 6.54 Å². The topological polar surface area (TPSA) is 77.1 Å². The van der Waals surface area contributed by atoms with Gasteiger partial charge in [-0.2, -0.15) is 8.78 Å². The number of nitrogens with two attached hydrogens (primary N) is 1. The standard InChI is InChI=1S/C9H13F4N3O2S/c1-16-4-7(2-6(16)3-14)19(17,18)15-5-9(12,13)8(10)11/h2,4,8,15H,3,5,14H2,1H3. The lowest BCUT2D eigenvalue weighted by Gasteiger charge is -2.15. The normalized spacial score (nSPS) is 13.2. The molecule has 3 N–H and O–H groups in total. The first-order valence-electron chi connectivity index (χ1n) is 5.11. The lowest BCUT2D eigenvalue weighted by molar-refractivity contribution is -0.122. The molecule has 0 radical (unpaired) electrons. The fourth-order valence-electron chi connectivity index (χ4n) is 1.28. The molecule has 1 aromatic rings. The molecule has 0 saturated heterocycles. The SMILES string of the molecule is Cn1cc(S(=O)(=O)NCC(F)(F)C(F)F)cc1CN. The third-order valence-corrected chi connectivity index (χ3v) is 3.79. The molecule has 0 fully saturated rings. The highest BCUT2D eigenvalue weighted by Gasteiger charge is 2.41. The van der Waals surface area contributed by atoms with Crippen LogP contribution in [-0.2, 0) is 23.6 Å². The molecule has 0 aromatic carbocycles. The predicted octanol–water partition coefficient (Wildman–Crippen LogP) is 0.662. The minimum absolute atomic E-state index is 0.0548. The van der Waals surface area contributed by atoms with Crippen LogP contribution in [0.5, 0.6) is 0 Å². The minimum atomic E-state index is -4.42. The van der Waals surface area contributed by atoms with E-state index in [0.29, 0.717) is 5.69 Å². The van der Waals surface area contributed by atoms with Crippen LogP contribution < -0.4 is 10.5 Å². The Morgan fingerprint density at radius 3 is 2.47 bits per heavy atom. The predicted molar refractivity (Wildman–Crippen MR) is 59.4 cm³/mol. The summed E-state index contributed by atoms with van der Waals surface area (Å²) in [6.07, 6.45) is -2.78. The summed E-state index contributed by atoms with van der Waals surface area (Å²) in [6.45, 7) is -1.61. The molecular formula is C9H13F4N3O2S. The Balaban J connectivity index is 2.87. The smallest absolute Gasteiger partial charge is 0.320 e. The average molecular weight is 303 g/mol. The van der Waals surface area contributed by atoms with Crippen LogP contribution in [0, 0.1) is 0 Å². The first kappa shape index (κ1) is 15.9. The van der Waals surface area contributed by atoms with E-state index in [1.165, 1.54) is 22.4 Å². The zero-order valence-electron chi connectivity index (χ0n) is 9.91. The lowest BCUT2D eigenvalue weighted by Crippen LogP contribution is -2.41. The summed E-state index contributed by atoms with van der Waals surface area (Å²) >= 11 is 0. The maximum atomic E-state index is 12.6. The Kier molecular flexibility index (Phi) is 4.59. The Morgan fingerprint density at radius 2 is 2.05 bits per heavy atom. The summed E-state index contributed by atoms with van der Waals surface area (Å²) in [6, 6.07) is 1.18. The summed E-state index contributed by atoms with van der Waals surface area (Å²) in [5.41, 5.74) is 5.79. The molecular weight excluding hydrogens is 290 g/mol. The number of aryl methyl sites for hydroxylation is 1.